The number of hydrogen-bond acceptors (Lipinski definition) is 5. The van der Waals surface area contributed by atoms with E-state index in [1.54, 1.807) is 18.3 Å². The number of hydrogen-bond donors (Lipinski definition) is 0. The number of rotatable bonds is 3. The summed E-state index contributed by atoms with van der Waals surface area (Å²) in [6.45, 7) is 2.84. The molecule has 0 amide bonds. The fraction of sp³-hybridized carbons (Fsp3) is 0.429. The van der Waals surface area contributed by atoms with E-state index >= 15 is 0 Å². The Bertz CT molecular complexity index is 524. The molecule has 1 aliphatic heterocycles. The normalized spacial score (nSPS) is 25.3. The van der Waals surface area contributed by atoms with E-state index in [0.29, 0.717) is 25.4 Å². The van der Waals surface area contributed by atoms with E-state index in [4.69, 9.17) is 13.9 Å². The molecule has 0 radical (unpaired) electrons. The highest BCUT2D eigenvalue weighted by molar-refractivity contribution is 6.01. The zero-order valence-corrected chi connectivity index (χ0v) is 10.7. The van der Waals surface area contributed by atoms with Gasteiger partial charge < -0.3 is 13.9 Å². The maximum absolute atomic E-state index is 12.4. The summed E-state index contributed by atoms with van der Waals surface area (Å²) in [5.41, 5.74) is 0.794. The lowest BCUT2D eigenvalue weighted by molar-refractivity contribution is -0.177. The molecule has 5 heteroatoms. The molecule has 0 N–H and O–H groups in total. The molecule has 1 saturated heterocycles. The van der Waals surface area contributed by atoms with Gasteiger partial charge >= 0.3 is 0 Å². The van der Waals surface area contributed by atoms with Crippen LogP contribution in [0, 0.1) is 5.92 Å². The number of ketones is 1. The standard InChI is InChI=1S/C14H15NO4/c1-2-3-11(16)13-10(12-8-15-9-17-12)4-5-14(13)18-6-7-19-14/h2-4,8-9,13H,5-7H2,1H3/b3-2+/t13-/m1/s1. The largest absolute Gasteiger partial charge is 0.444 e. The van der Waals surface area contributed by atoms with Crippen molar-refractivity contribution >= 4 is 11.4 Å². The minimum absolute atomic E-state index is 0.0375. The first-order valence-corrected chi connectivity index (χ1v) is 6.30. The summed E-state index contributed by atoms with van der Waals surface area (Å²) < 4.78 is 16.7. The summed E-state index contributed by atoms with van der Waals surface area (Å²) in [5.74, 6) is -0.791. The Balaban J connectivity index is 1.98. The number of carbonyl (C=O) groups is 1. The van der Waals surface area contributed by atoms with Crippen LogP contribution in [0.5, 0.6) is 0 Å². The van der Waals surface area contributed by atoms with Gasteiger partial charge in [0.1, 0.15) is 5.92 Å². The Kier molecular flexibility index (Phi) is 3.08. The predicted octanol–water partition coefficient (Wildman–Crippen LogP) is 1.97. The van der Waals surface area contributed by atoms with E-state index in [2.05, 4.69) is 4.98 Å². The predicted molar refractivity (Wildman–Crippen MR) is 67.0 cm³/mol. The Labute approximate surface area is 110 Å². The Morgan fingerprint density at radius 3 is 2.89 bits per heavy atom. The summed E-state index contributed by atoms with van der Waals surface area (Å²) in [5, 5.41) is 0. The van der Waals surface area contributed by atoms with Gasteiger partial charge in [0.25, 0.3) is 0 Å². The maximum Gasteiger partial charge on any atom is 0.186 e. The van der Waals surface area contributed by atoms with Crippen LogP contribution in [0.25, 0.3) is 5.57 Å². The quantitative estimate of drug-likeness (QED) is 0.778. The van der Waals surface area contributed by atoms with E-state index < -0.39 is 11.7 Å². The van der Waals surface area contributed by atoms with Crippen molar-refractivity contribution in [2.75, 3.05) is 13.2 Å². The topological polar surface area (TPSA) is 61.6 Å². The van der Waals surface area contributed by atoms with Crippen molar-refractivity contribution in [2.45, 2.75) is 19.1 Å². The van der Waals surface area contributed by atoms with Crippen molar-refractivity contribution < 1.29 is 18.7 Å². The Morgan fingerprint density at radius 2 is 2.26 bits per heavy atom. The van der Waals surface area contributed by atoms with E-state index in [9.17, 15) is 4.79 Å². The van der Waals surface area contributed by atoms with Crippen LogP contribution >= 0.6 is 0 Å². The van der Waals surface area contributed by atoms with Gasteiger partial charge in [-0.15, -0.1) is 0 Å². The highest BCUT2D eigenvalue weighted by atomic mass is 16.7. The van der Waals surface area contributed by atoms with Crippen LogP contribution < -0.4 is 0 Å². The highest BCUT2D eigenvalue weighted by Gasteiger charge is 2.52. The molecule has 3 rings (SSSR count). The van der Waals surface area contributed by atoms with Crippen LogP contribution in [0.1, 0.15) is 19.1 Å². The van der Waals surface area contributed by atoms with E-state index in [0.717, 1.165) is 5.57 Å². The van der Waals surface area contributed by atoms with Crippen molar-refractivity contribution in [3.63, 3.8) is 0 Å². The fourth-order valence-electron chi connectivity index (χ4n) is 2.71. The fourth-order valence-corrected chi connectivity index (χ4v) is 2.71. The minimum Gasteiger partial charge on any atom is -0.444 e. The first-order valence-electron chi connectivity index (χ1n) is 6.30. The van der Waals surface area contributed by atoms with Gasteiger partial charge in [-0.3, -0.25) is 4.79 Å². The molecule has 2 heterocycles. The van der Waals surface area contributed by atoms with Gasteiger partial charge in [-0.1, -0.05) is 12.2 Å². The van der Waals surface area contributed by atoms with Crippen LogP contribution in [0.4, 0.5) is 0 Å². The Hall–Kier alpha value is -1.72. The number of carbonyl (C=O) groups excluding carboxylic acids is 1. The number of aromatic nitrogens is 1. The summed E-state index contributed by atoms with van der Waals surface area (Å²) in [6, 6.07) is 0. The molecule has 1 aromatic heterocycles. The summed E-state index contributed by atoms with van der Waals surface area (Å²) in [6.07, 6.45) is 8.73. The van der Waals surface area contributed by atoms with Crippen molar-refractivity contribution in [1.29, 1.82) is 0 Å². The molecule has 1 aliphatic carbocycles. The molecule has 5 nitrogen and oxygen atoms in total. The Morgan fingerprint density at radius 1 is 1.47 bits per heavy atom. The third-order valence-corrected chi connectivity index (χ3v) is 3.47. The molecule has 1 aromatic rings. The van der Waals surface area contributed by atoms with Gasteiger partial charge in [-0.05, 0) is 13.0 Å². The molecular formula is C14H15NO4. The average Bonchev–Trinajstić information content (AvgIpc) is 3.12. The second-order valence-corrected chi connectivity index (χ2v) is 4.57. The lowest BCUT2D eigenvalue weighted by Crippen LogP contribution is -2.40. The monoisotopic (exact) mass is 261 g/mol. The minimum atomic E-state index is -0.862. The zero-order chi connectivity index (χ0) is 13.3. The van der Waals surface area contributed by atoms with Crippen LogP contribution in [0.2, 0.25) is 0 Å². The van der Waals surface area contributed by atoms with E-state index in [1.807, 2.05) is 13.0 Å². The van der Waals surface area contributed by atoms with Gasteiger partial charge in [0.05, 0.1) is 19.4 Å². The van der Waals surface area contributed by atoms with Crippen LogP contribution in [-0.2, 0) is 14.3 Å². The molecular weight excluding hydrogens is 246 g/mol. The van der Waals surface area contributed by atoms with Crippen molar-refractivity contribution in [3.8, 4) is 0 Å². The SMILES string of the molecule is C/C=C/C(=O)[C@H]1C(c2cnco2)=CCC12OCCO2. The van der Waals surface area contributed by atoms with Crippen molar-refractivity contribution in [1.82, 2.24) is 4.98 Å². The first-order chi connectivity index (χ1) is 9.27. The van der Waals surface area contributed by atoms with Crippen LogP contribution in [-0.4, -0.2) is 29.8 Å². The van der Waals surface area contributed by atoms with Gasteiger partial charge in [0.15, 0.2) is 23.7 Å². The molecule has 2 aliphatic rings. The van der Waals surface area contributed by atoms with Gasteiger partial charge in [-0.25, -0.2) is 4.98 Å². The average molecular weight is 261 g/mol. The highest BCUT2D eigenvalue weighted by Crippen LogP contribution is 2.46. The number of ether oxygens (including phenoxy) is 2. The molecule has 1 spiro atoms. The molecule has 0 aromatic carbocycles. The smallest absolute Gasteiger partial charge is 0.186 e. The maximum atomic E-state index is 12.4. The third kappa shape index (κ3) is 1.95. The second kappa shape index (κ2) is 4.75. The van der Waals surface area contributed by atoms with Crippen molar-refractivity contribution in [3.05, 3.63) is 36.6 Å². The summed E-state index contributed by atoms with van der Waals surface area (Å²) >= 11 is 0. The van der Waals surface area contributed by atoms with Crippen LogP contribution in [0.3, 0.4) is 0 Å². The van der Waals surface area contributed by atoms with Gasteiger partial charge in [0, 0.05) is 12.0 Å². The molecule has 1 atom stereocenters. The summed E-state index contributed by atoms with van der Waals surface area (Å²) in [7, 11) is 0. The van der Waals surface area contributed by atoms with E-state index in [-0.39, 0.29) is 5.78 Å². The number of nitrogens with zero attached hydrogens (tertiary/aromatic N) is 1. The second-order valence-electron chi connectivity index (χ2n) is 4.57. The molecule has 19 heavy (non-hydrogen) atoms. The van der Waals surface area contributed by atoms with Crippen molar-refractivity contribution in [2.24, 2.45) is 5.92 Å². The number of oxazole rings is 1. The molecule has 0 unspecified atom stereocenters. The molecule has 0 bridgehead atoms. The molecule has 1 fully saturated rings. The first kappa shape index (κ1) is 12.3. The third-order valence-electron chi connectivity index (χ3n) is 3.47. The van der Waals surface area contributed by atoms with Gasteiger partial charge in [-0.2, -0.15) is 0 Å². The van der Waals surface area contributed by atoms with Crippen LogP contribution in [0.15, 0.2) is 35.2 Å². The van der Waals surface area contributed by atoms with Gasteiger partial charge in [0.2, 0.25) is 0 Å². The zero-order valence-electron chi connectivity index (χ0n) is 10.7. The summed E-state index contributed by atoms with van der Waals surface area (Å²) in [4.78, 5) is 16.3. The lowest BCUT2D eigenvalue weighted by Gasteiger charge is -2.29. The van der Waals surface area contributed by atoms with E-state index in [1.165, 1.54) is 6.39 Å². The molecule has 0 saturated carbocycles. The lowest BCUT2D eigenvalue weighted by atomic mass is 9.90. The molecule has 100 valence electrons. The number of allylic oxidation sites excluding steroid dienone is 2.